The number of carbonyl (C=O) groups is 2. The number of rotatable bonds is 9. The number of amides is 1. The molecule has 0 heterocycles. The molecule has 1 amide bonds. The Kier molecular flexibility index (Phi) is 9.34. The Hall–Kier alpha value is -1.36. The van der Waals surface area contributed by atoms with Crippen LogP contribution < -0.4 is 5.32 Å². The van der Waals surface area contributed by atoms with Crippen LogP contribution in [-0.2, 0) is 21.3 Å². The van der Waals surface area contributed by atoms with Gasteiger partial charge in [0.15, 0.2) is 0 Å². The summed E-state index contributed by atoms with van der Waals surface area (Å²) in [4.78, 5) is 24.7. The highest BCUT2D eigenvalue weighted by Crippen LogP contribution is 2.18. The SMILES string of the molecule is CCC(Cc1ccc(CBr)cc1)C(=O)C[C@@H](CC)NC(=O)OC(C)(C)C. The van der Waals surface area contributed by atoms with E-state index in [1.54, 1.807) is 0 Å². The molecule has 2 atom stereocenters. The van der Waals surface area contributed by atoms with Gasteiger partial charge in [0.2, 0.25) is 0 Å². The predicted molar refractivity (Wildman–Crippen MR) is 110 cm³/mol. The Bertz CT molecular complexity index is 578. The number of hydrogen-bond donors (Lipinski definition) is 1. The molecule has 0 aliphatic rings. The summed E-state index contributed by atoms with van der Waals surface area (Å²) in [5, 5.41) is 3.66. The van der Waals surface area contributed by atoms with Crippen LogP contribution in [0.4, 0.5) is 4.79 Å². The first kappa shape index (κ1) is 22.7. The smallest absolute Gasteiger partial charge is 0.407 e. The fraction of sp³-hybridized carbons (Fsp3) is 0.619. The zero-order valence-electron chi connectivity index (χ0n) is 16.6. The van der Waals surface area contributed by atoms with E-state index in [0.717, 1.165) is 18.2 Å². The fourth-order valence-electron chi connectivity index (χ4n) is 2.72. The van der Waals surface area contributed by atoms with Crippen LogP contribution >= 0.6 is 15.9 Å². The average Bonchev–Trinajstić information content (AvgIpc) is 2.57. The maximum absolute atomic E-state index is 12.7. The summed E-state index contributed by atoms with van der Waals surface area (Å²) < 4.78 is 5.29. The number of nitrogens with one attached hydrogen (secondary N) is 1. The highest BCUT2D eigenvalue weighted by Gasteiger charge is 2.23. The molecule has 5 heteroatoms. The van der Waals surface area contributed by atoms with Gasteiger partial charge in [-0.15, -0.1) is 0 Å². The Morgan fingerprint density at radius 3 is 2.12 bits per heavy atom. The monoisotopic (exact) mass is 425 g/mol. The largest absolute Gasteiger partial charge is 0.444 e. The van der Waals surface area contributed by atoms with Gasteiger partial charge in [0.05, 0.1) is 0 Å². The van der Waals surface area contributed by atoms with E-state index in [2.05, 4.69) is 45.5 Å². The molecule has 0 aromatic heterocycles. The Balaban J connectivity index is 2.63. The van der Waals surface area contributed by atoms with E-state index < -0.39 is 11.7 Å². The van der Waals surface area contributed by atoms with Crippen LogP contribution in [-0.4, -0.2) is 23.5 Å². The van der Waals surface area contributed by atoms with Gasteiger partial charge in [-0.3, -0.25) is 4.79 Å². The topological polar surface area (TPSA) is 55.4 Å². The molecule has 26 heavy (non-hydrogen) atoms. The third-order valence-electron chi connectivity index (χ3n) is 4.27. The highest BCUT2D eigenvalue weighted by atomic mass is 79.9. The zero-order chi connectivity index (χ0) is 19.7. The second-order valence-electron chi connectivity index (χ2n) is 7.68. The van der Waals surface area contributed by atoms with E-state index in [-0.39, 0.29) is 17.7 Å². The number of hydrogen-bond acceptors (Lipinski definition) is 3. The van der Waals surface area contributed by atoms with Crippen LogP contribution in [0.2, 0.25) is 0 Å². The number of ether oxygens (including phenoxy) is 1. The molecule has 1 aromatic carbocycles. The molecule has 1 N–H and O–H groups in total. The Morgan fingerprint density at radius 1 is 1.08 bits per heavy atom. The number of halogens is 1. The molecule has 0 fully saturated rings. The lowest BCUT2D eigenvalue weighted by Gasteiger charge is -2.24. The molecule has 0 bridgehead atoms. The summed E-state index contributed by atoms with van der Waals surface area (Å²) in [6.07, 6.45) is 2.10. The minimum Gasteiger partial charge on any atom is -0.444 e. The standard InChI is InChI=1S/C21H32BrNO3/c1-6-17(12-15-8-10-16(14-22)11-9-15)19(24)13-18(7-2)23-20(25)26-21(3,4)5/h8-11,17-18H,6-7,12-14H2,1-5H3,(H,23,25)/t17?,18-/m1/s1. The number of ketones is 1. The van der Waals surface area contributed by atoms with Gasteiger partial charge in [-0.1, -0.05) is 54.0 Å². The van der Waals surface area contributed by atoms with Crippen molar-refractivity contribution in [2.24, 2.45) is 5.92 Å². The Labute approximate surface area is 166 Å². The van der Waals surface area contributed by atoms with Crippen molar-refractivity contribution in [2.45, 2.75) is 77.3 Å². The maximum Gasteiger partial charge on any atom is 0.407 e. The summed E-state index contributed by atoms with van der Waals surface area (Å²) >= 11 is 3.44. The molecule has 0 spiro atoms. The van der Waals surface area contributed by atoms with E-state index in [0.29, 0.717) is 12.8 Å². The van der Waals surface area contributed by atoms with E-state index >= 15 is 0 Å². The molecule has 0 saturated heterocycles. The maximum atomic E-state index is 12.7. The Morgan fingerprint density at radius 2 is 1.65 bits per heavy atom. The lowest BCUT2D eigenvalue weighted by molar-refractivity contribution is -0.123. The first-order valence-corrected chi connectivity index (χ1v) is 10.5. The van der Waals surface area contributed by atoms with Gasteiger partial charge in [0.25, 0.3) is 0 Å². The second-order valence-corrected chi connectivity index (χ2v) is 8.24. The van der Waals surface area contributed by atoms with Crippen LogP contribution in [0.25, 0.3) is 0 Å². The van der Waals surface area contributed by atoms with Crippen LogP contribution in [0.3, 0.4) is 0 Å². The number of benzene rings is 1. The van der Waals surface area contributed by atoms with Crippen LogP contribution in [0.5, 0.6) is 0 Å². The average molecular weight is 426 g/mol. The van der Waals surface area contributed by atoms with Gasteiger partial charge in [0, 0.05) is 23.7 Å². The second kappa shape index (κ2) is 10.7. The molecule has 0 radical (unpaired) electrons. The normalized spacial score (nSPS) is 13.8. The molecule has 1 rings (SSSR count). The summed E-state index contributed by atoms with van der Waals surface area (Å²) in [6.45, 7) is 9.49. The first-order valence-electron chi connectivity index (χ1n) is 9.34. The highest BCUT2D eigenvalue weighted by molar-refractivity contribution is 9.08. The van der Waals surface area contributed by atoms with Crippen molar-refractivity contribution >= 4 is 27.8 Å². The van der Waals surface area contributed by atoms with Gasteiger partial charge >= 0.3 is 6.09 Å². The third-order valence-corrected chi connectivity index (χ3v) is 4.92. The zero-order valence-corrected chi connectivity index (χ0v) is 18.2. The van der Waals surface area contributed by atoms with Gasteiger partial charge in [-0.25, -0.2) is 4.79 Å². The molecule has 0 saturated carbocycles. The van der Waals surface area contributed by atoms with Crippen LogP contribution in [0.15, 0.2) is 24.3 Å². The molecule has 0 aliphatic carbocycles. The van der Waals surface area contributed by atoms with Crippen molar-refractivity contribution in [1.82, 2.24) is 5.32 Å². The van der Waals surface area contributed by atoms with Crippen molar-refractivity contribution in [3.63, 3.8) is 0 Å². The third kappa shape index (κ3) is 8.35. The van der Waals surface area contributed by atoms with Crippen molar-refractivity contribution in [3.8, 4) is 0 Å². The summed E-state index contributed by atoms with van der Waals surface area (Å²) in [5.41, 5.74) is 1.85. The molecular weight excluding hydrogens is 394 g/mol. The van der Waals surface area contributed by atoms with Gasteiger partial charge in [-0.05, 0) is 51.2 Å². The van der Waals surface area contributed by atoms with Crippen molar-refractivity contribution in [2.75, 3.05) is 0 Å². The van der Waals surface area contributed by atoms with Crippen molar-refractivity contribution in [3.05, 3.63) is 35.4 Å². The number of carbonyl (C=O) groups excluding carboxylic acids is 2. The van der Waals surface area contributed by atoms with Crippen LogP contribution in [0.1, 0.15) is 65.0 Å². The van der Waals surface area contributed by atoms with E-state index in [9.17, 15) is 9.59 Å². The predicted octanol–water partition coefficient (Wildman–Crippen LogP) is 5.41. The fourth-order valence-corrected chi connectivity index (χ4v) is 3.09. The molecular formula is C21H32BrNO3. The number of alkyl carbamates (subject to hydrolysis) is 1. The van der Waals surface area contributed by atoms with Crippen LogP contribution in [0, 0.1) is 5.92 Å². The van der Waals surface area contributed by atoms with Crippen molar-refractivity contribution in [1.29, 1.82) is 0 Å². The van der Waals surface area contributed by atoms with E-state index in [4.69, 9.17) is 4.74 Å². The minimum absolute atomic E-state index is 0.0284. The molecule has 146 valence electrons. The first-order chi connectivity index (χ1) is 12.2. The lowest BCUT2D eigenvalue weighted by atomic mass is 9.89. The molecule has 1 unspecified atom stereocenters. The summed E-state index contributed by atoms with van der Waals surface area (Å²) in [6, 6.07) is 8.15. The summed E-state index contributed by atoms with van der Waals surface area (Å²) in [5.74, 6) is 0.166. The molecule has 1 aromatic rings. The quantitative estimate of drug-likeness (QED) is 0.537. The molecule has 4 nitrogen and oxygen atoms in total. The number of alkyl halides is 1. The van der Waals surface area contributed by atoms with Gasteiger partial charge < -0.3 is 10.1 Å². The summed E-state index contributed by atoms with van der Waals surface area (Å²) in [7, 11) is 0. The minimum atomic E-state index is -0.542. The van der Waals surface area contributed by atoms with Gasteiger partial charge in [0.1, 0.15) is 11.4 Å². The number of Topliss-reactive ketones (excluding diaryl/α,β-unsaturated/α-hetero) is 1. The van der Waals surface area contributed by atoms with Crippen molar-refractivity contribution < 1.29 is 14.3 Å². The van der Waals surface area contributed by atoms with E-state index in [1.165, 1.54) is 11.1 Å². The molecule has 0 aliphatic heterocycles. The van der Waals surface area contributed by atoms with Gasteiger partial charge in [-0.2, -0.15) is 0 Å². The lowest BCUT2D eigenvalue weighted by Crippen LogP contribution is -2.40. The van der Waals surface area contributed by atoms with E-state index in [1.807, 2.05) is 34.6 Å².